The number of carboxylic acids is 1. The average Bonchev–Trinajstić information content (AvgIpc) is 2.46. The summed E-state index contributed by atoms with van der Waals surface area (Å²) in [6.45, 7) is 4.38. The molecule has 1 atom stereocenters. The number of carboxylic acid groups (broad SMARTS) is 1. The molecule has 0 aromatic heterocycles. The van der Waals surface area contributed by atoms with Crippen LogP contribution >= 0.6 is 0 Å². The number of alkyl carbamates (subject to hydrolysis) is 1. The summed E-state index contributed by atoms with van der Waals surface area (Å²) in [5.41, 5.74) is -1.54. The Morgan fingerprint density at radius 3 is 2.30 bits per heavy atom. The molecule has 0 saturated heterocycles. The third kappa shape index (κ3) is 5.54. The van der Waals surface area contributed by atoms with Gasteiger partial charge >= 0.3 is 12.1 Å². The maximum Gasteiger partial charge on any atom is 0.407 e. The summed E-state index contributed by atoms with van der Waals surface area (Å²) in [5, 5.41) is 12.2. The van der Waals surface area contributed by atoms with Crippen LogP contribution in [0.5, 0.6) is 0 Å². The number of halogens is 1. The summed E-state index contributed by atoms with van der Waals surface area (Å²) in [7, 11) is 0. The highest BCUT2D eigenvalue weighted by atomic mass is 19.1. The van der Waals surface area contributed by atoms with E-state index in [0.717, 1.165) is 0 Å². The van der Waals surface area contributed by atoms with E-state index in [4.69, 9.17) is 4.74 Å². The Balaban J connectivity index is 2.99. The first-order valence-electron chi connectivity index (χ1n) is 7.53. The molecule has 128 valence electrons. The van der Waals surface area contributed by atoms with E-state index in [9.17, 15) is 19.1 Å². The van der Waals surface area contributed by atoms with Gasteiger partial charge in [0.15, 0.2) is 0 Å². The molecule has 0 aliphatic rings. The second-order valence-electron chi connectivity index (χ2n) is 6.40. The number of nitrogens with one attached hydrogen (secondary N) is 1. The molecule has 0 aliphatic heterocycles. The Kier molecular flexibility index (Phi) is 6.54. The van der Waals surface area contributed by atoms with Crippen LogP contribution in [0.3, 0.4) is 0 Å². The number of carbonyl (C=O) groups is 2. The highest BCUT2D eigenvalue weighted by Crippen LogP contribution is 2.30. The number of aliphatic carboxylic acids is 1. The maximum atomic E-state index is 12.6. The minimum Gasteiger partial charge on any atom is -0.481 e. The van der Waals surface area contributed by atoms with Crippen molar-refractivity contribution in [3.05, 3.63) is 35.9 Å². The van der Waals surface area contributed by atoms with Gasteiger partial charge in [-0.2, -0.15) is 0 Å². The molecular weight excluding hydrogens is 301 g/mol. The third-order valence-electron chi connectivity index (χ3n) is 3.41. The quantitative estimate of drug-likeness (QED) is 0.806. The molecular formula is C17H24FNO4. The zero-order valence-electron chi connectivity index (χ0n) is 13.8. The Labute approximate surface area is 135 Å². The second kappa shape index (κ2) is 7.94. The van der Waals surface area contributed by atoms with Crippen LogP contribution in [0.2, 0.25) is 0 Å². The highest BCUT2D eigenvalue weighted by Gasteiger charge is 2.40. The lowest BCUT2D eigenvalue weighted by Gasteiger charge is -2.30. The molecule has 1 aromatic rings. The molecule has 5 nitrogen and oxygen atoms in total. The molecule has 0 spiro atoms. The molecule has 1 rings (SSSR count). The van der Waals surface area contributed by atoms with E-state index in [0.29, 0.717) is 5.56 Å². The topological polar surface area (TPSA) is 75.6 Å². The number of ether oxygens (including phenoxy) is 1. The summed E-state index contributed by atoms with van der Waals surface area (Å²) in [4.78, 5) is 23.7. The number of carbonyl (C=O) groups excluding carboxylic acids is 1. The van der Waals surface area contributed by atoms with Crippen molar-refractivity contribution in [3.8, 4) is 0 Å². The van der Waals surface area contributed by atoms with Crippen LogP contribution in [0, 0.1) is 0 Å². The molecule has 0 bridgehead atoms. The number of hydrogen-bond acceptors (Lipinski definition) is 3. The van der Waals surface area contributed by atoms with E-state index in [1.54, 1.807) is 51.1 Å². The Morgan fingerprint density at radius 2 is 1.83 bits per heavy atom. The van der Waals surface area contributed by atoms with Crippen molar-refractivity contribution in [1.82, 2.24) is 5.32 Å². The molecule has 1 aromatic carbocycles. The largest absolute Gasteiger partial charge is 0.481 e. The number of hydrogen-bond donors (Lipinski definition) is 2. The van der Waals surface area contributed by atoms with Crippen LogP contribution in [0.15, 0.2) is 30.3 Å². The van der Waals surface area contributed by atoms with Crippen LogP contribution in [0.4, 0.5) is 9.18 Å². The van der Waals surface area contributed by atoms with E-state index in [2.05, 4.69) is 5.32 Å². The van der Waals surface area contributed by atoms with Crippen LogP contribution in [-0.2, 0) is 14.9 Å². The van der Waals surface area contributed by atoms with Crippen molar-refractivity contribution in [1.29, 1.82) is 0 Å². The molecule has 0 fully saturated rings. The van der Waals surface area contributed by atoms with Crippen molar-refractivity contribution in [2.45, 2.75) is 44.6 Å². The predicted molar refractivity (Wildman–Crippen MR) is 85.2 cm³/mol. The third-order valence-corrected chi connectivity index (χ3v) is 3.41. The molecule has 0 saturated carbocycles. The van der Waals surface area contributed by atoms with Gasteiger partial charge in [0, 0.05) is 6.54 Å². The van der Waals surface area contributed by atoms with Crippen LogP contribution in [-0.4, -0.2) is 36.0 Å². The van der Waals surface area contributed by atoms with Gasteiger partial charge in [-0.1, -0.05) is 30.3 Å². The zero-order chi connectivity index (χ0) is 17.5. The maximum absolute atomic E-state index is 12.6. The Morgan fingerprint density at radius 1 is 1.22 bits per heavy atom. The van der Waals surface area contributed by atoms with E-state index in [1.165, 1.54) is 0 Å². The van der Waals surface area contributed by atoms with E-state index >= 15 is 0 Å². The summed E-state index contributed by atoms with van der Waals surface area (Å²) in [6.07, 6.45) is -0.519. The van der Waals surface area contributed by atoms with Crippen molar-refractivity contribution in [2.75, 3.05) is 13.2 Å². The normalized spacial score (nSPS) is 13.9. The summed E-state index contributed by atoms with van der Waals surface area (Å²) < 4.78 is 17.8. The highest BCUT2D eigenvalue weighted by molar-refractivity contribution is 5.82. The van der Waals surface area contributed by atoms with Crippen molar-refractivity contribution in [2.24, 2.45) is 0 Å². The SMILES string of the molecule is CC(C)(C)OC(=O)NCC(CCCF)(C(=O)O)c1ccccc1. The lowest BCUT2D eigenvalue weighted by Crippen LogP contribution is -2.47. The fourth-order valence-electron chi connectivity index (χ4n) is 2.30. The summed E-state index contributed by atoms with van der Waals surface area (Å²) in [5.74, 6) is -1.10. The van der Waals surface area contributed by atoms with Crippen LogP contribution < -0.4 is 5.32 Å². The minimum absolute atomic E-state index is 0.0820. The molecule has 2 N–H and O–H groups in total. The van der Waals surface area contributed by atoms with E-state index < -0.39 is 29.8 Å². The molecule has 23 heavy (non-hydrogen) atoms. The average molecular weight is 325 g/mol. The first-order chi connectivity index (χ1) is 10.7. The fourth-order valence-corrected chi connectivity index (χ4v) is 2.30. The number of alkyl halides is 1. The molecule has 1 amide bonds. The standard InChI is InChI=1S/C17H24FNO4/c1-16(2,3)23-15(22)19-12-17(14(20)21,10-7-11-18)13-8-5-4-6-9-13/h4-6,8-9H,7,10-12H2,1-3H3,(H,19,22)(H,20,21). The summed E-state index contributed by atoms with van der Waals surface area (Å²) in [6, 6.07) is 8.55. The van der Waals surface area contributed by atoms with Gasteiger partial charge in [0.25, 0.3) is 0 Å². The lowest BCUT2D eigenvalue weighted by atomic mass is 9.76. The minimum atomic E-state index is -1.38. The Bertz CT molecular complexity index is 527. The molecule has 6 heteroatoms. The van der Waals surface area contributed by atoms with E-state index in [1.807, 2.05) is 0 Å². The molecule has 1 unspecified atom stereocenters. The van der Waals surface area contributed by atoms with Gasteiger partial charge in [-0.05, 0) is 39.2 Å². The van der Waals surface area contributed by atoms with Gasteiger partial charge in [-0.15, -0.1) is 0 Å². The summed E-state index contributed by atoms with van der Waals surface area (Å²) >= 11 is 0. The van der Waals surface area contributed by atoms with Crippen molar-refractivity contribution < 1.29 is 23.8 Å². The monoisotopic (exact) mass is 325 g/mol. The van der Waals surface area contributed by atoms with Crippen molar-refractivity contribution in [3.63, 3.8) is 0 Å². The molecule has 0 aliphatic carbocycles. The van der Waals surface area contributed by atoms with Gasteiger partial charge in [0.05, 0.1) is 6.67 Å². The lowest BCUT2D eigenvalue weighted by molar-refractivity contribution is -0.144. The van der Waals surface area contributed by atoms with Crippen molar-refractivity contribution >= 4 is 12.1 Å². The smallest absolute Gasteiger partial charge is 0.407 e. The molecule has 0 heterocycles. The first-order valence-corrected chi connectivity index (χ1v) is 7.53. The molecule has 0 radical (unpaired) electrons. The zero-order valence-corrected chi connectivity index (χ0v) is 13.8. The Hall–Kier alpha value is -2.11. The van der Waals surface area contributed by atoms with E-state index in [-0.39, 0.29) is 19.4 Å². The van der Waals surface area contributed by atoms with Crippen LogP contribution in [0.1, 0.15) is 39.2 Å². The number of amides is 1. The van der Waals surface area contributed by atoms with Gasteiger partial charge < -0.3 is 15.2 Å². The van der Waals surface area contributed by atoms with Gasteiger partial charge in [-0.25, -0.2) is 4.79 Å². The van der Waals surface area contributed by atoms with Gasteiger partial charge in [0.1, 0.15) is 11.0 Å². The van der Waals surface area contributed by atoms with Gasteiger partial charge in [0.2, 0.25) is 0 Å². The van der Waals surface area contributed by atoms with Crippen LogP contribution in [0.25, 0.3) is 0 Å². The predicted octanol–water partition coefficient (Wildman–Crippen LogP) is 3.28. The number of rotatable bonds is 7. The van der Waals surface area contributed by atoms with Gasteiger partial charge in [-0.3, -0.25) is 9.18 Å². The second-order valence-corrected chi connectivity index (χ2v) is 6.40. The fraction of sp³-hybridized carbons (Fsp3) is 0.529. The number of benzene rings is 1. The first kappa shape index (κ1) is 18.9.